The summed E-state index contributed by atoms with van der Waals surface area (Å²) in [6.07, 6.45) is 0. The zero-order valence-electron chi connectivity index (χ0n) is 11.0. The minimum absolute atomic E-state index is 0.0168. The van der Waals surface area contributed by atoms with E-state index in [9.17, 15) is 14.7 Å². The van der Waals surface area contributed by atoms with Crippen molar-refractivity contribution in [2.24, 2.45) is 5.92 Å². The van der Waals surface area contributed by atoms with Gasteiger partial charge in [0.25, 0.3) is 5.56 Å². The average molecular weight is 283 g/mol. The first-order valence-electron chi connectivity index (χ1n) is 6.24. The number of carbonyl (C=O) groups is 1. The number of hydrogen-bond donors (Lipinski definition) is 1. The number of fused-ring (bicyclic) bond motifs is 1. The topological polar surface area (TPSA) is 68.5 Å². The number of rotatable bonds is 3. The molecule has 6 heteroatoms. The first-order valence-corrected chi connectivity index (χ1v) is 7.23. The molecular weight excluding hydrogens is 266 g/mol. The van der Waals surface area contributed by atoms with Crippen molar-refractivity contribution < 1.29 is 14.6 Å². The van der Waals surface area contributed by atoms with Crippen LogP contribution in [-0.4, -0.2) is 28.0 Å². The van der Waals surface area contributed by atoms with Crippen LogP contribution < -0.4 is 5.56 Å². The Balaban J connectivity index is 2.55. The predicted octanol–water partition coefficient (Wildman–Crippen LogP) is 1.19. The molecule has 1 N–H and O–H groups in total. The molecule has 0 amide bonds. The Labute approximate surface area is 115 Å². The molecule has 0 unspecified atom stereocenters. The summed E-state index contributed by atoms with van der Waals surface area (Å²) in [6.45, 7) is 3.81. The van der Waals surface area contributed by atoms with E-state index < -0.39 is 6.04 Å². The fraction of sp³-hybridized carbons (Fsp3) is 0.538. The third kappa shape index (κ3) is 2.55. The van der Waals surface area contributed by atoms with Crippen molar-refractivity contribution in [1.82, 2.24) is 4.57 Å². The zero-order chi connectivity index (χ0) is 14.0. The zero-order valence-corrected chi connectivity index (χ0v) is 11.8. The largest absolute Gasteiger partial charge is 0.464 e. The Morgan fingerprint density at radius 1 is 1.58 bits per heavy atom. The summed E-state index contributed by atoms with van der Waals surface area (Å²) in [5, 5.41) is 10.0. The lowest BCUT2D eigenvalue weighted by Gasteiger charge is -2.31. The van der Waals surface area contributed by atoms with Gasteiger partial charge in [0.15, 0.2) is 0 Å². The molecule has 2 atom stereocenters. The van der Waals surface area contributed by atoms with Crippen molar-refractivity contribution in [2.75, 3.05) is 12.4 Å². The molecule has 0 radical (unpaired) electrons. The summed E-state index contributed by atoms with van der Waals surface area (Å²) in [6, 6.07) is 2.40. The SMILES string of the molecule is CCOC(=O)[C@@H]1[C@H](C)CSc2c(CO)ccc(=O)n21. The van der Waals surface area contributed by atoms with Crippen molar-refractivity contribution in [1.29, 1.82) is 0 Å². The lowest BCUT2D eigenvalue weighted by Crippen LogP contribution is -2.39. The minimum Gasteiger partial charge on any atom is -0.464 e. The fourth-order valence-electron chi connectivity index (χ4n) is 2.25. The van der Waals surface area contributed by atoms with E-state index >= 15 is 0 Å². The lowest BCUT2D eigenvalue weighted by atomic mass is 10.0. The molecule has 0 spiro atoms. The maximum atomic E-state index is 12.1. The van der Waals surface area contributed by atoms with Crippen LogP contribution in [0.25, 0.3) is 0 Å². The van der Waals surface area contributed by atoms with Gasteiger partial charge in [0.2, 0.25) is 0 Å². The van der Waals surface area contributed by atoms with Gasteiger partial charge in [-0.2, -0.15) is 0 Å². The summed E-state index contributed by atoms with van der Waals surface area (Å²) in [4.78, 5) is 24.1. The Morgan fingerprint density at radius 2 is 2.32 bits per heavy atom. The normalized spacial score (nSPS) is 21.8. The maximum absolute atomic E-state index is 12.1. The summed E-state index contributed by atoms with van der Waals surface area (Å²) in [5.74, 6) is 0.358. The Morgan fingerprint density at radius 3 is 2.95 bits per heavy atom. The highest BCUT2D eigenvalue weighted by molar-refractivity contribution is 7.99. The number of thioether (sulfide) groups is 1. The molecular formula is C13H17NO4S. The molecule has 0 saturated carbocycles. The van der Waals surface area contributed by atoms with Gasteiger partial charge in [0, 0.05) is 17.4 Å². The first-order chi connectivity index (χ1) is 9.10. The van der Waals surface area contributed by atoms with Crippen molar-refractivity contribution >= 4 is 17.7 Å². The highest BCUT2D eigenvalue weighted by atomic mass is 32.2. The first kappa shape index (κ1) is 14.1. The summed E-state index contributed by atoms with van der Waals surface area (Å²) in [5.41, 5.74) is 0.440. The Kier molecular flexibility index (Phi) is 4.31. The Hall–Kier alpha value is -1.27. The summed E-state index contributed by atoms with van der Waals surface area (Å²) >= 11 is 1.50. The van der Waals surface area contributed by atoms with Crippen LogP contribution in [0.3, 0.4) is 0 Å². The molecule has 0 bridgehead atoms. The number of esters is 1. The van der Waals surface area contributed by atoms with E-state index in [4.69, 9.17) is 4.74 Å². The van der Waals surface area contributed by atoms with Gasteiger partial charge < -0.3 is 9.84 Å². The van der Waals surface area contributed by atoms with Crippen LogP contribution >= 0.6 is 11.8 Å². The number of aliphatic hydroxyl groups is 1. The number of aromatic nitrogens is 1. The van der Waals surface area contributed by atoms with Gasteiger partial charge in [0.05, 0.1) is 18.2 Å². The fourth-order valence-corrected chi connectivity index (χ4v) is 3.51. The van der Waals surface area contributed by atoms with E-state index in [1.807, 2.05) is 6.92 Å². The highest BCUT2D eigenvalue weighted by Crippen LogP contribution is 2.36. The van der Waals surface area contributed by atoms with E-state index in [1.54, 1.807) is 13.0 Å². The number of pyridine rings is 1. The quantitative estimate of drug-likeness (QED) is 0.844. The van der Waals surface area contributed by atoms with E-state index in [0.29, 0.717) is 17.2 Å². The molecule has 0 saturated heterocycles. The minimum atomic E-state index is -0.602. The van der Waals surface area contributed by atoms with Crippen molar-refractivity contribution in [3.8, 4) is 0 Å². The van der Waals surface area contributed by atoms with Gasteiger partial charge in [-0.05, 0) is 18.9 Å². The molecule has 5 nitrogen and oxygen atoms in total. The van der Waals surface area contributed by atoms with E-state index in [0.717, 1.165) is 5.75 Å². The molecule has 1 aromatic heterocycles. The number of hydrogen-bond acceptors (Lipinski definition) is 5. The van der Waals surface area contributed by atoms with E-state index in [2.05, 4.69) is 0 Å². The van der Waals surface area contributed by atoms with Crippen LogP contribution in [0.2, 0.25) is 0 Å². The Bertz CT molecular complexity index is 540. The van der Waals surface area contributed by atoms with Crippen molar-refractivity contribution in [3.05, 3.63) is 28.0 Å². The monoisotopic (exact) mass is 283 g/mol. The van der Waals surface area contributed by atoms with Crippen molar-refractivity contribution in [3.63, 3.8) is 0 Å². The van der Waals surface area contributed by atoms with E-state index in [1.165, 1.54) is 22.4 Å². The molecule has 1 aromatic rings. The molecule has 104 valence electrons. The van der Waals surface area contributed by atoms with Crippen LogP contribution in [0.1, 0.15) is 25.5 Å². The second-order valence-electron chi connectivity index (χ2n) is 4.52. The van der Waals surface area contributed by atoms with Crippen LogP contribution in [-0.2, 0) is 16.1 Å². The van der Waals surface area contributed by atoms with Gasteiger partial charge >= 0.3 is 5.97 Å². The lowest BCUT2D eigenvalue weighted by molar-refractivity contribution is -0.149. The summed E-state index contributed by atoms with van der Waals surface area (Å²) < 4.78 is 6.53. The molecule has 1 aliphatic rings. The van der Waals surface area contributed by atoms with Crippen molar-refractivity contribution in [2.45, 2.75) is 31.5 Å². The summed E-state index contributed by atoms with van der Waals surface area (Å²) in [7, 11) is 0. The smallest absolute Gasteiger partial charge is 0.329 e. The third-order valence-electron chi connectivity index (χ3n) is 3.16. The average Bonchev–Trinajstić information content (AvgIpc) is 2.39. The molecule has 0 aromatic carbocycles. The van der Waals surface area contributed by atoms with Gasteiger partial charge in [-0.25, -0.2) is 4.79 Å². The second kappa shape index (κ2) is 5.79. The molecule has 1 aliphatic heterocycles. The number of nitrogens with zero attached hydrogens (tertiary/aromatic N) is 1. The molecule has 2 rings (SSSR count). The predicted molar refractivity (Wildman–Crippen MR) is 72.2 cm³/mol. The maximum Gasteiger partial charge on any atom is 0.329 e. The van der Waals surface area contributed by atoms with Crippen LogP contribution in [0.4, 0.5) is 0 Å². The molecule has 19 heavy (non-hydrogen) atoms. The molecule has 0 fully saturated rings. The second-order valence-corrected chi connectivity index (χ2v) is 5.52. The van der Waals surface area contributed by atoms with Crippen LogP contribution in [0.5, 0.6) is 0 Å². The molecule has 0 aliphatic carbocycles. The highest BCUT2D eigenvalue weighted by Gasteiger charge is 2.35. The third-order valence-corrected chi connectivity index (χ3v) is 4.58. The van der Waals surface area contributed by atoms with Crippen LogP contribution in [0, 0.1) is 5.92 Å². The standard InChI is InChI=1S/C13H17NO4S/c1-3-18-13(17)11-8(2)7-19-12-9(6-15)4-5-10(16)14(11)12/h4-5,8,11,15H,3,6-7H2,1-2H3/t8-,11+/m1/s1. The molecule has 2 heterocycles. The van der Waals surface area contributed by atoms with Gasteiger partial charge in [0.1, 0.15) is 6.04 Å². The number of carbonyl (C=O) groups excluding carboxylic acids is 1. The van der Waals surface area contributed by atoms with Gasteiger partial charge in [-0.1, -0.05) is 6.92 Å². The number of aliphatic hydroxyl groups excluding tert-OH is 1. The van der Waals surface area contributed by atoms with Crippen LogP contribution in [0.15, 0.2) is 22.0 Å². The van der Waals surface area contributed by atoms with Gasteiger partial charge in [-0.15, -0.1) is 11.8 Å². The van der Waals surface area contributed by atoms with E-state index in [-0.39, 0.29) is 24.1 Å². The number of ether oxygens (including phenoxy) is 1. The van der Waals surface area contributed by atoms with Gasteiger partial charge in [-0.3, -0.25) is 9.36 Å².